The van der Waals surface area contributed by atoms with E-state index in [0.717, 1.165) is 26.2 Å². The molecule has 28 heavy (non-hydrogen) atoms. The van der Waals surface area contributed by atoms with Gasteiger partial charge in [-0.3, -0.25) is 0 Å². The first-order valence-electron chi connectivity index (χ1n) is 9.28. The van der Waals surface area contributed by atoms with Gasteiger partial charge in [0.2, 0.25) is 17.8 Å². The summed E-state index contributed by atoms with van der Waals surface area (Å²) in [5, 5.41) is 14.0. The Bertz CT molecular complexity index is 784. The summed E-state index contributed by atoms with van der Waals surface area (Å²) < 4.78 is 10.8. The first-order valence-corrected chi connectivity index (χ1v) is 9.28. The van der Waals surface area contributed by atoms with E-state index in [9.17, 15) is 5.11 Å². The standard InChI is InChI=1S/C18H23N7O3/c26-15-4-2-1-3-14(15)13-19-23-16-20-17(24-5-9-27-10-6-24)22-18(21-16)25-7-11-28-12-8-25/h1-4,13,26H,5-12H2,(H,20,21,22,23)/b19-13-. The minimum atomic E-state index is 0.159. The Morgan fingerprint density at radius 3 is 2.04 bits per heavy atom. The van der Waals surface area contributed by atoms with Crippen LogP contribution in [-0.2, 0) is 9.47 Å². The molecule has 2 aromatic rings. The van der Waals surface area contributed by atoms with Crippen molar-refractivity contribution in [1.82, 2.24) is 15.0 Å². The molecule has 148 valence electrons. The number of phenols is 1. The van der Waals surface area contributed by atoms with Crippen molar-refractivity contribution in [3.05, 3.63) is 29.8 Å². The van der Waals surface area contributed by atoms with E-state index in [-0.39, 0.29) is 5.75 Å². The van der Waals surface area contributed by atoms with Crippen molar-refractivity contribution >= 4 is 24.1 Å². The molecular weight excluding hydrogens is 362 g/mol. The molecule has 1 aromatic heterocycles. The molecule has 0 saturated carbocycles. The molecule has 0 aliphatic carbocycles. The van der Waals surface area contributed by atoms with Gasteiger partial charge in [0.25, 0.3) is 0 Å². The first kappa shape index (κ1) is 18.4. The van der Waals surface area contributed by atoms with Gasteiger partial charge in [-0.15, -0.1) is 0 Å². The predicted octanol–water partition coefficient (Wildman–Crippen LogP) is 0.696. The third kappa shape index (κ3) is 4.46. The molecule has 10 heteroatoms. The molecule has 0 spiro atoms. The van der Waals surface area contributed by atoms with Gasteiger partial charge in [0.05, 0.1) is 32.6 Å². The third-order valence-electron chi connectivity index (χ3n) is 4.50. The van der Waals surface area contributed by atoms with Crippen molar-refractivity contribution in [1.29, 1.82) is 0 Å². The van der Waals surface area contributed by atoms with Crippen LogP contribution in [0.4, 0.5) is 17.8 Å². The Morgan fingerprint density at radius 2 is 1.46 bits per heavy atom. The molecule has 3 heterocycles. The van der Waals surface area contributed by atoms with Crippen LogP contribution in [-0.4, -0.2) is 78.9 Å². The number of morpholine rings is 2. The summed E-state index contributed by atoms with van der Waals surface area (Å²) in [6, 6.07) is 6.97. The molecule has 2 aliphatic rings. The summed E-state index contributed by atoms with van der Waals surface area (Å²) in [4.78, 5) is 17.8. The van der Waals surface area contributed by atoms with Crippen molar-refractivity contribution < 1.29 is 14.6 Å². The lowest BCUT2D eigenvalue weighted by molar-refractivity contribution is 0.121. The summed E-state index contributed by atoms with van der Waals surface area (Å²) in [5.74, 6) is 1.71. The van der Waals surface area contributed by atoms with Crippen LogP contribution >= 0.6 is 0 Å². The van der Waals surface area contributed by atoms with Gasteiger partial charge in [-0.2, -0.15) is 20.1 Å². The average Bonchev–Trinajstić information content (AvgIpc) is 2.76. The molecule has 2 fully saturated rings. The number of nitrogens with zero attached hydrogens (tertiary/aromatic N) is 6. The van der Waals surface area contributed by atoms with Crippen LogP contribution in [0.2, 0.25) is 0 Å². The van der Waals surface area contributed by atoms with E-state index < -0.39 is 0 Å². The van der Waals surface area contributed by atoms with E-state index in [4.69, 9.17) is 9.47 Å². The second-order valence-corrected chi connectivity index (χ2v) is 6.39. The van der Waals surface area contributed by atoms with E-state index in [2.05, 4.69) is 35.3 Å². The number of phenolic OH excluding ortho intramolecular Hbond substituents is 1. The topological polar surface area (TPSA) is 108 Å². The number of aromatic hydroxyl groups is 1. The number of rotatable bonds is 5. The fraction of sp³-hybridized carbons (Fsp3) is 0.444. The maximum absolute atomic E-state index is 9.84. The van der Waals surface area contributed by atoms with Gasteiger partial charge in [0.15, 0.2) is 0 Å². The lowest BCUT2D eigenvalue weighted by atomic mass is 10.2. The summed E-state index contributed by atoms with van der Waals surface area (Å²) in [7, 11) is 0. The molecule has 1 aromatic carbocycles. The molecule has 0 atom stereocenters. The Hall–Kier alpha value is -2.98. The van der Waals surface area contributed by atoms with Gasteiger partial charge in [-0.1, -0.05) is 12.1 Å². The number of nitrogens with one attached hydrogen (secondary N) is 1. The average molecular weight is 385 g/mol. The highest BCUT2D eigenvalue weighted by atomic mass is 16.5. The molecule has 0 amide bonds. The molecule has 10 nitrogen and oxygen atoms in total. The number of hydrogen-bond donors (Lipinski definition) is 2. The number of anilines is 3. The fourth-order valence-electron chi connectivity index (χ4n) is 2.97. The number of hydrogen-bond acceptors (Lipinski definition) is 10. The Balaban J connectivity index is 1.56. The number of para-hydroxylation sites is 1. The molecule has 4 rings (SSSR count). The lowest BCUT2D eigenvalue weighted by Gasteiger charge is -2.30. The second kappa shape index (κ2) is 8.81. The molecule has 2 N–H and O–H groups in total. The molecule has 0 radical (unpaired) electrons. The number of hydrazone groups is 1. The number of ether oxygens (including phenoxy) is 2. The maximum atomic E-state index is 9.84. The highest BCUT2D eigenvalue weighted by Gasteiger charge is 2.20. The zero-order chi connectivity index (χ0) is 19.2. The minimum absolute atomic E-state index is 0.159. The SMILES string of the molecule is Oc1ccccc1/C=N\Nc1nc(N2CCOCC2)nc(N2CCOCC2)n1. The van der Waals surface area contributed by atoms with Crippen LogP contribution in [0.5, 0.6) is 5.75 Å². The molecule has 2 aliphatic heterocycles. The quantitative estimate of drug-likeness (QED) is 0.568. The van der Waals surface area contributed by atoms with Crippen molar-refractivity contribution in [3.8, 4) is 5.75 Å². The smallest absolute Gasteiger partial charge is 0.250 e. The van der Waals surface area contributed by atoms with Gasteiger partial charge >= 0.3 is 0 Å². The normalized spacial score (nSPS) is 17.9. The van der Waals surface area contributed by atoms with E-state index >= 15 is 0 Å². The largest absolute Gasteiger partial charge is 0.507 e. The minimum Gasteiger partial charge on any atom is -0.507 e. The van der Waals surface area contributed by atoms with Crippen molar-refractivity contribution in [3.63, 3.8) is 0 Å². The van der Waals surface area contributed by atoms with Crippen LogP contribution in [0.25, 0.3) is 0 Å². The van der Waals surface area contributed by atoms with Crippen LogP contribution in [0.1, 0.15) is 5.56 Å². The summed E-state index contributed by atoms with van der Waals surface area (Å²) in [6.07, 6.45) is 1.53. The van der Waals surface area contributed by atoms with E-state index in [1.54, 1.807) is 18.2 Å². The third-order valence-corrected chi connectivity index (χ3v) is 4.50. The Labute approximate surface area is 162 Å². The van der Waals surface area contributed by atoms with Gasteiger partial charge in [-0.05, 0) is 12.1 Å². The molecular formula is C18H23N7O3. The zero-order valence-electron chi connectivity index (χ0n) is 15.5. The van der Waals surface area contributed by atoms with Crippen molar-refractivity contribution in [2.75, 3.05) is 67.8 Å². The summed E-state index contributed by atoms with van der Waals surface area (Å²) >= 11 is 0. The monoisotopic (exact) mass is 385 g/mol. The van der Waals surface area contributed by atoms with Crippen LogP contribution < -0.4 is 15.2 Å². The van der Waals surface area contributed by atoms with Gasteiger partial charge in [0.1, 0.15) is 5.75 Å². The second-order valence-electron chi connectivity index (χ2n) is 6.39. The highest BCUT2D eigenvalue weighted by molar-refractivity contribution is 5.83. The van der Waals surface area contributed by atoms with Gasteiger partial charge in [-0.25, -0.2) is 5.43 Å². The van der Waals surface area contributed by atoms with Crippen molar-refractivity contribution in [2.45, 2.75) is 0 Å². The summed E-state index contributed by atoms with van der Waals surface area (Å²) in [6.45, 7) is 5.50. The molecule has 0 unspecified atom stereocenters. The highest BCUT2D eigenvalue weighted by Crippen LogP contribution is 2.19. The summed E-state index contributed by atoms with van der Waals surface area (Å²) in [5.41, 5.74) is 3.46. The number of aromatic nitrogens is 3. The van der Waals surface area contributed by atoms with Crippen molar-refractivity contribution in [2.24, 2.45) is 5.10 Å². The Morgan fingerprint density at radius 1 is 0.893 bits per heavy atom. The van der Waals surface area contributed by atoms with E-state index in [0.29, 0.717) is 49.8 Å². The lowest BCUT2D eigenvalue weighted by Crippen LogP contribution is -2.40. The molecule has 0 bridgehead atoms. The van der Waals surface area contributed by atoms with E-state index in [1.807, 2.05) is 6.07 Å². The first-order chi connectivity index (χ1) is 13.8. The van der Waals surface area contributed by atoms with Gasteiger partial charge in [0, 0.05) is 31.7 Å². The Kier molecular flexibility index (Phi) is 5.78. The predicted molar refractivity (Wildman–Crippen MR) is 105 cm³/mol. The maximum Gasteiger partial charge on any atom is 0.250 e. The zero-order valence-corrected chi connectivity index (χ0v) is 15.5. The number of benzene rings is 1. The van der Waals surface area contributed by atoms with E-state index in [1.165, 1.54) is 6.21 Å². The van der Waals surface area contributed by atoms with Gasteiger partial charge < -0.3 is 24.4 Å². The van der Waals surface area contributed by atoms with Crippen LogP contribution in [0, 0.1) is 0 Å². The van der Waals surface area contributed by atoms with Crippen LogP contribution in [0.15, 0.2) is 29.4 Å². The molecule has 2 saturated heterocycles. The van der Waals surface area contributed by atoms with Crippen LogP contribution in [0.3, 0.4) is 0 Å². The fourth-order valence-corrected chi connectivity index (χ4v) is 2.97.